The molecule has 0 aromatic carbocycles. The van der Waals surface area contributed by atoms with Gasteiger partial charge < -0.3 is 14.8 Å². The predicted octanol–water partition coefficient (Wildman–Crippen LogP) is 2.07. The molecule has 1 aromatic rings. The molecular formula is C17H24F2N4O2. The van der Waals surface area contributed by atoms with Crippen LogP contribution in [0.5, 0.6) is 0 Å². The number of carbonyl (C=O) groups excluding carboxylic acids is 2. The first kappa shape index (κ1) is 17.8. The average molecular weight is 354 g/mol. The predicted molar refractivity (Wildman–Crippen MR) is 87.3 cm³/mol. The smallest absolute Gasteiger partial charge is 0.272 e. The summed E-state index contributed by atoms with van der Waals surface area (Å²) in [6, 6.07) is 0. The second-order valence-corrected chi connectivity index (χ2v) is 7.75. The van der Waals surface area contributed by atoms with Crippen molar-refractivity contribution in [3.8, 4) is 0 Å². The Morgan fingerprint density at radius 3 is 2.72 bits per heavy atom. The molecule has 2 fully saturated rings. The van der Waals surface area contributed by atoms with Crippen molar-refractivity contribution in [2.24, 2.45) is 11.3 Å². The lowest BCUT2D eigenvalue weighted by Gasteiger charge is -2.42. The van der Waals surface area contributed by atoms with E-state index in [0.717, 1.165) is 4.90 Å². The summed E-state index contributed by atoms with van der Waals surface area (Å²) < 4.78 is 28.8. The van der Waals surface area contributed by atoms with Gasteiger partial charge in [0.25, 0.3) is 11.8 Å². The van der Waals surface area contributed by atoms with Crippen molar-refractivity contribution in [3.05, 3.63) is 17.7 Å². The minimum atomic E-state index is -3.08. The number of halogens is 2. The molecule has 1 aromatic heterocycles. The number of H-pyrrole nitrogens is 1. The van der Waals surface area contributed by atoms with Crippen molar-refractivity contribution >= 4 is 11.8 Å². The molecule has 2 aliphatic rings. The molecule has 25 heavy (non-hydrogen) atoms. The van der Waals surface area contributed by atoms with E-state index in [-0.39, 0.29) is 24.1 Å². The van der Waals surface area contributed by atoms with Crippen LogP contribution in [0.2, 0.25) is 0 Å². The number of aromatic nitrogens is 2. The van der Waals surface area contributed by atoms with E-state index in [9.17, 15) is 18.4 Å². The normalized spacial score (nSPS) is 26.1. The Kier molecular flexibility index (Phi) is 4.33. The molecule has 3 heterocycles. The van der Waals surface area contributed by atoms with E-state index in [1.807, 2.05) is 13.8 Å². The lowest BCUT2D eigenvalue weighted by Crippen LogP contribution is -2.57. The molecule has 0 aliphatic carbocycles. The van der Waals surface area contributed by atoms with Crippen molar-refractivity contribution in [3.63, 3.8) is 0 Å². The summed E-state index contributed by atoms with van der Waals surface area (Å²) in [6.07, 6.45) is 1.22. The molecule has 0 bridgehead atoms. The summed E-state index contributed by atoms with van der Waals surface area (Å²) >= 11 is 0. The number of imidazole rings is 1. The van der Waals surface area contributed by atoms with E-state index < -0.39 is 30.2 Å². The Labute approximate surface area is 145 Å². The second-order valence-electron chi connectivity index (χ2n) is 7.75. The van der Waals surface area contributed by atoms with Gasteiger partial charge in [0.1, 0.15) is 11.5 Å². The Morgan fingerprint density at radius 1 is 1.40 bits per heavy atom. The molecule has 3 rings (SSSR count). The molecule has 0 saturated carbocycles. The van der Waals surface area contributed by atoms with E-state index in [2.05, 4.69) is 9.97 Å². The number of amides is 2. The Hall–Kier alpha value is -1.99. The number of carbonyl (C=O) groups is 2. The van der Waals surface area contributed by atoms with Crippen LogP contribution in [0.4, 0.5) is 8.78 Å². The molecule has 2 aliphatic heterocycles. The van der Waals surface area contributed by atoms with Gasteiger partial charge in [0.15, 0.2) is 0 Å². The molecule has 0 unspecified atom stereocenters. The van der Waals surface area contributed by atoms with Gasteiger partial charge in [-0.25, -0.2) is 13.8 Å². The molecule has 6 nitrogen and oxygen atoms in total. The quantitative estimate of drug-likeness (QED) is 0.903. The molecule has 1 N–H and O–H groups in total. The summed E-state index contributed by atoms with van der Waals surface area (Å²) in [7, 11) is 0. The molecule has 138 valence electrons. The van der Waals surface area contributed by atoms with Crippen molar-refractivity contribution in [1.82, 2.24) is 19.8 Å². The van der Waals surface area contributed by atoms with Crippen LogP contribution in [-0.4, -0.2) is 63.7 Å². The van der Waals surface area contributed by atoms with E-state index in [1.54, 1.807) is 11.8 Å². The van der Waals surface area contributed by atoms with Crippen molar-refractivity contribution in [1.29, 1.82) is 0 Å². The van der Waals surface area contributed by atoms with E-state index in [4.69, 9.17) is 0 Å². The van der Waals surface area contributed by atoms with Gasteiger partial charge in [0.05, 0.1) is 18.2 Å². The van der Waals surface area contributed by atoms with Crippen molar-refractivity contribution in [2.45, 2.75) is 39.5 Å². The standard InChI is InChI=1S/C17H24F2N4O2/c1-11(2)7-22-5-4-16(15(22)25)8-17(18,19)10-23(9-16)14(24)13-6-20-12(3)21-13/h6,11H,4-5,7-10H2,1-3H3,(H,20,21)/t16-/m0/s1. The van der Waals surface area contributed by atoms with Crippen LogP contribution in [0, 0.1) is 18.3 Å². The van der Waals surface area contributed by atoms with Gasteiger partial charge in [-0.1, -0.05) is 13.8 Å². The first-order valence-electron chi connectivity index (χ1n) is 8.60. The third-order valence-electron chi connectivity index (χ3n) is 4.92. The first-order chi connectivity index (χ1) is 11.6. The number of aromatic amines is 1. The maximum absolute atomic E-state index is 14.4. The van der Waals surface area contributed by atoms with Crippen LogP contribution in [0.15, 0.2) is 6.20 Å². The van der Waals surface area contributed by atoms with Crippen molar-refractivity contribution in [2.75, 3.05) is 26.2 Å². The average Bonchev–Trinajstić information content (AvgIpc) is 3.04. The molecule has 2 amide bonds. The Balaban J connectivity index is 1.84. The zero-order valence-electron chi connectivity index (χ0n) is 14.8. The number of nitrogens with one attached hydrogen (secondary N) is 1. The fourth-order valence-electron chi connectivity index (χ4n) is 3.97. The van der Waals surface area contributed by atoms with E-state index in [0.29, 0.717) is 25.3 Å². The van der Waals surface area contributed by atoms with Crippen LogP contribution in [0.25, 0.3) is 0 Å². The van der Waals surface area contributed by atoms with Gasteiger partial charge in [-0.15, -0.1) is 0 Å². The highest BCUT2D eigenvalue weighted by Gasteiger charge is 2.57. The lowest BCUT2D eigenvalue weighted by molar-refractivity contribution is -0.151. The summed E-state index contributed by atoms with van der Waals surface area (Å²) in [4.78, 5) is 35.0. The molecule has 1 atom stereocenters. The zero-order valence-corrected chi connectivity index (χ0v) is 14.8. The first-order valence-corrected chi connectivity index (χ1v) is 8.60. The molecule has 1 spiro atoms. The highest BCUT2D eigenvalue weighted by atomic mass is 19.3. The van der Waals surface area contributed by atoms with Crippen LogP contribution in [0.3, 0.4) is 0 Å². The SMILES string of the molecule is Cc1ncc(C(=O)N2CC(F)(F)C[C@@]3(CCN(CC(C)C)C3=O)C2)[nH]1. The molecular weight excluding hydrogens is 330 g/mol. The van der Waals surface area contributed by atoms with Gasteiger partial charge in [-0.2, -0.15) is 0 Å². The number of hydrogen-bond acceptors (Lipinski definition) is 3. The minimum Gasteiger partial charge on any atom is -0.342 e. The van der Waals surface area contributed by atoms with Crippen LogP contribution in [0.1, 0.15) is 43.0 Å². The number of aryl methyl sites for hydroxylation is 1. The summed E-state index contributed by atoms with van der Waals surface area (Å²) in [6.45, 7) is 6.07. The van der Waals surface area contributed by atoms with Crippen LogP contribution < -0.4 is 0 Å². The third-order valence-corrected chi connectivity index (χ3v) is 4.92. The Bertz CT molecular complexity index is 688. The number of nitrogens with zero attached hydrogens (tertiary/aromatic N) is 3. The summed E-state index contributed by atoms with van der Waals surface area (Å²) in [5.74, 6) is -3.05. The van der Waals surface area contributed by atoms with Gasteiger partial charge in [-0.05, 0) is 19.3 Å². The molecule has 2 saturated heterocycles. The Morgan fingerprint density at radius 2 is 2.12 bits per heavy atom. The van der Waals surface area contributed by atoms with Gasteiger partial charge >= 0.3 is 0 Å². The molecule has 0 radical (unpaired) electrons. The third kappa shape index (κ3) is 3.39. The minimum absolute atomic E-state index is 0.0346. The molecule has 8 heteroatoms. The number of likely N-dealkylation sites (tertiary alicyclic amines) is 2. The number of rotatable bonds is 3. The number of alkyl halides is 2. The van der Waals surface area contributed by atoms with Gasteiger partial charge in [0, 0.05) is 26.1 Å². The van der Waals surface area contributed by atoms with Gasteiger partial charge in [0.2, 0.25) is 5.91 Å². The maximum Gasteiger partial charge on any atom is 0.272 e. The lowest BCUT2D eigenvalue weighted by atomic mass is 9.77. The van der Waals surface area contributed by atoms with Crippen molar-refractivity contribution < 1.29 is 18.4 Å². The van der Waals surface area contributed by atoms with Crippen LogP contribution >= 0.6 is 0 Å². The zero-order chi connectivity index (χ0) is 18.4. The van der Waals surface area contributed by atoms with Crippen LogP contribution in [-0.2, 0) is 4.79 Å². The van der Waals surface area contributed by atoms with E-state index in [1.165, 1.54) is 6.20 Å². The number of piperidine rings is 1. The maximum atomic E-state index is 14.4. The second kappa shape index (κ2) is 6.07. The monoisotopic (exact) mass is 354 g/mol. The topological polar surface area (TPSA) is 69.3 Å². The summed E-state index contributed by atoms with van der Waals surface area (Å²) in [5, 5.41) is 0. The fourth-order valence-corrected chi connectivity index (χ4v) is 3.97. The largest absolute Gasteiger partial charge is 0.342 e. The van der Waals surface area contributed by atoms with E-state index >= 15 is 0 Å². The fraction of sp³-hybridized carbons (Fsp3) is 0.706. The highest BCUT2D eigenvalue weighted by molar-refractivity contribution is 5.93. The van der Waals surface area contributed by atoms with Gasteiger partial charge in [-0.3, -0.25) is 9.59 Å². The summed E-state index contributed by atoms with van der Waals surface area (Å²) in [5.41, 5.74) is -1.00. The highest BCUT2D eigenvalue weighted by Crippen LogP contribution is 2.46. The number of hydrogen-bond donors (Lipinski definition) is 1.